The van der Waals surface area contributed by atoms with Crippen LogP contribution in [-0.4, -0.2) is 32.0 Å². The number of aliphatic hydroxyl groups is 1. The van der Waals surface area contributed by atoms with Crippen molar-refractivity contribution in [3.05, 3.63) is 59.3 Å². The summed E-state index contributed by atoms with van der Waals surface area (Å²) in [4.78, 5) is 8.66. The molecule has 0 saturated heterocycles. The van der Waals surface area contributed by atoms with Gasteiger partial charge in [-0.2, -0.15) is 13.2 Å². The highest BCUT2D eigenvalue weighted by molar-refractivity contribution is 5.91. The summed E-state index contributed by atoms with van der Waals surface area (Å²) in [6, 6.07) is 5.41. The van der Waals surface area contributed by atoms with Gasteiger partial charge in [0.05, 0.1) is 11.6 Å². The molecule has 3 aromatic rings. The number of halogens is 4. The van der Waals surface area contributed by atoms with E-state index >= 15 is 0 Å². The van der Waals surface area contributed by atoms with Gasteiger partial charge in [-0.15, -0.1) is 0 Å². The van der Waals surface area contributed by atoms with E-state index in [9.17, 15) is 27.8 Å². The minimum Gasteiger partial charge on any atom is -0.505 e. The Hall–Kier alpha value is -2.94. The van der Waals surface area contributed by atoms with E-state index < -0.39 is 41.7 Å². The highest BCUT2D eigenvalue weighted by Crippen LogP contribution is 2.55. The van der Waals surface area contributed by atoms with Crippen molar-refractivity contribution < 1.29 is 27.8 Å². The average molecular weight is 463 g/mol. The van der Waals surface area contributed by atoms with Crippen LogP contribution in [0.15, 0.2) is 36.5 Å². The van der Waals surface area contributed by atoms with Crippen LogP contribution in [0.1, 0.15) is 62.0 Å². The van der Waals surface area contributed by atoms with Crippen LogP contribution >= 0.6 is 0 Å². The number of phenolic OH excluding ortho intramolecular Hbond substituents is 1. The highest BCUT2D eigenvalue weighted by atomic mass is 19.4. The lowest BCUT2D eigenvalue weighted by atomic mass is 9.68. The Balaban J connectivity index is 1.90. The second kappa shape index (κ2) is 8.44. The van der Waals surface area contributed by atoms with Gasteiger partial charge in [0, 0.05) is 29.3 Å². The van der Waals surface area contributed by atoms with Crippen molar-refractivity contribution in [3.63, 3.8) is 0 Å². The summed E-state index contributed by atoms with van der Waals surface area (Å²) >= 11 is 0. The molecular weight excluding hydrogens is 438 g/mol. The van der Waals surface area contributed by atoms with Crippen molar-refractivity contribution in [2.45, 2.75) is 63.3 Å². The van der Waals surface area contributed by atoms with Crippen LogP contribution in [-0.2, 0) is 6.42 Å². The number of hydrogen-bond acceptors (Lipinski definition) is 5. The molecule has 1 aliphatic rings. The topological polar surface area (TPSA) is 78.3 Å². The van der Waals surface area contributed by atoms with E-state index in [0.29, 0.717) is 35.3 Å². The van der Waals surface area contributed by atoms with Crippen molar-refractivity contribution >= 4 is 16.6 Å². The van der Waals surface area contributed by atoms with Crippen molar-refractivity contribution in [3.8, 4) is 5.75 Å². The first-order valence-corrected chi connectivity index (χ1v) is 10.9. The molecule has 1 heterocycles. The van der Waals surface area contributed by atoms with Crippen molar-refractivity contribution in [1.82, 2.24) is 9.97 Å². The third kappa shape index (κ3) is 3.88. The molecule has 0 fully saturated rings. The Morgan fingerprint density at radius 1 is 1.18 bits per heavy atom. The number of aromatic hydroxyl groups is 1. The van der Waals surface area contributed by atoms with Gasteiger partial charge >= 0.3 is 6.18 Å². The predicted octanol–water partition coefficient (Wildman–Crippen LogP) is 5.77. The molecule has 33 heavy (non-hydrogen) atoms. The second-order valence-corrected chi connectivity index (χ2v) is 8.47. The predicted molar refractivity (Wildman–Crippen MR) is 117 cm³/mol. The molecule has 2 aromatic carbocycles. The zero-order valence-corrected chi connectivity index (χ0v) is 18.2. The number of aryl methyl sites for hydroxylation is 1. The van der Waals surface area contributed by atoms with E-state index in [2.05, 4.69) is 15.3 Å². The highest BCUT2D eigenvalue weighted by Gasteiger charge is 2.62. The van der Waals surface area contributed by atoms with E-state index in [-0.39, 0.29) is 17.5 Å². The number of fused-ring (bicyclic) bond motifs is 2. The van der Waals surface area contributed by atoms with E-state index in [0.717, 1.165) is 6.07 Å². The first-order chi connectivity index (χ1) is 15.6. The molecule has 0 saturated carbocycles. The lowest BCUT2D eigenvalue weighted by Gasteiger charge is -2.46. The third-order valence-electron chi connectivity index (χ3n) is 6.38. The Labute approximate surface area is 188 Å². The molecule has 176 valence electrons. The molecule has 0 bridgehead atoms. The fourth-order valence-electron chi connectivity index (χ4n) is 4.75. The summed E-state index contributed by atoms with van der Waals surface area (Å²) in [5, 5.41) is 24.9. The van der Waals surface area contributed by atoms with Crippen LogP contribution in [0.25, 0.3) is 10.9 Å². The fourth-order valence-corrected chi connectivity index (χ4v) is 4.75. The number of phenols is 1. The van der Waals surface area contributed by atoms with Crippen LogP contribution in [0.3, 0.4) is 0 Å². The number of nitrogens with one attached hydrogen (secondary N) is 1. The summed E-state index contributed by atoms with van der Waals surface area (Å²) < 4.78 is 57.2. The van der Waals surface area contributed by atoms with Crippen LogP contribution in [0.4, 0.5) is 23.2 Å². The van der Waals surface area contributed by atoms with Gasteiger partial charge < -0.3 is 15.5 Å². The number of aromatic nitrogens is 2. The summed E-state index contributed by atoms with van der Waals surface area (Å²) in [5.74, 6) is -1.84. The van der Waals surface area contributed by atoms with Gasteiger partial charge in [-0.05, 0) is 42.5 Å². The largest absolute Gasteiger partial charge is 0.505 e. The SMILES string of the molecule is CCCC1CC(O)(C(F)(F)F)C(Nc2cccc3nc(CC)ncc23)c2ccc(F)c(O)c21. The molecule has 1 aliphatic carbocycles. The van der Waals surface area contributed by atoms with Crippen molar-refractivity contribution in [2.24, 2.45) is 0 Å². The number of hydrogen-bond donors (Lipinski definition) is 3. The van der Waals surface area contributed by atoms with E-state index in [1.54, 1.807) is 25.1 Å². The van der Waals surface area contributed by atoms with Gasteiger partial charge in [0.15, 0.2) is 17.2 Å². The fraction of sp³-hybridized carbons (Fsp3) is 0.417. The van der Waals surface area contributed by atoms with Gasteiger partial charge in [0.25, 0.3) is 0 Å². The summed E-state index contributed by atoms with van der Waals surface area (Å²) in [6.45, 7) is 3.68. The maximum absolute atomic E-state index is 14.3. The molecule has 0 spiro atoms. The first-order valence-electron chi connectivity index (χ1n) is 10.9. The molecule has 5 nitrogen and oxygen atoms in total. The number of benzene rings is 2. The molecule has 3 unspecified atom stereocenters. The number of alkyl halides is 3. The van der Waals surface area contributed by atoms with Crippen LogP contribution < -0.4 is 5.32 Å². The number of anilines is 1. The second-order valence-electron chi connectivity index (χ2n) is 8.47. The molecule has 0 amide bonds. The molecular formula is C24H25F4N3O2. The van der Waals surface area contributed by atoms with Crippen LogP contribution in [0.2, 0.25) is 0 Å². The first kappa shape index (κ1) is 23.2. The summed E-state index contributed by atoms with van der Waals surface area (Å²) in [6.07, 6.45) is -2.78. The normalized spacial score (nSPS) is 22.9. The number of rotatable bonds is 5. The molecule has 3 atom stereocenters. The van der Waals surface area contributed by atoms with Gasteiger partial charge in [0.1, 0.15) is 5.82 Å². The van der Waals surface area contributed by atoms with E-state index in [1.807, 2.05) is 6.92 Å². The van der Waals surface area contributed by atoms with Gasteiger partial charge in [-0.25, -0.2) is 14.4 Å². The van der Waals surface area contributed by atoms with E-state index in [1.165, 1.54) is 12.3 Å². The van der Waals surface area contributed by atoms with Crippen LogP contribution in [0, 0.1) is 5.82 Å². The zero-order valence-electron chi connectivity index (χ0n) is 18.2. The smallest absolute Gasteiger partial charge is 0.419 e. The van der Waals surface area contributed by atoms with E-state index in [4.69, 9.17) is 0 Å². The number of nitrogens with zero attached hydrogens (tertiary/aromatic N) is 2. The minimum absolute atomic E-state index is 0.0153. The minimum atomic E-state index is -4.98. The van der Waals surface area contributed by atoms with Crippen molar-refractivity contribution in [2.75, 3.05) is 5.32 Å². The molecule has 3 N–H and O–H groups in total. The Morgan fingerprint density at radius 3 is 2.61 bits per heavy atom. The monoisotopic (exact) mass is 463 g/mol. The van der Waals surface area contributed by atoms with Crippen molar-refractivity contribution in [1.29, 1.82) is 0 Å². The molecule has 0 radical (unpaired) electrons. The van der Waals surface area contributed by atoms with Gasteiger partial charge in [0.2, 0.25) is 0 Å². The molecule has 0 aliphatic heterocycles. The lowest BCUT2D eigenvalue weighted by molar-refractivity contribution is -0.273. The summed E-state index contributed by atoms with van der Waals surface area (Å²) in [7, 11) is 0. The maximum Gasteiger partial charge on any atom is 0.419 e. The third-order valence-corrected chi connectivity index (χ3v) is 6.38. The van der Waals surface area contributed by atoms with Crippen LogP contribution in [0.5, 0.6) is 5.75 Å². The average Bonchev–Trinajstić information content (AvgIpc) is 2.77. The zero-order chi connectivity index (χ0) is 24.0. The quantitative estimate of drug-likeness (QED) is 0.419. The maximum atomic E-state index is 14.3. The van der Waals surface area contributed by atoms with Gasteiger partial charge in [-0.3, -0.25) is 0 Å². The summed E-state index contributed by atoms with van der Waals surface area (Å²) in [5.41, 5.74) is -2.18. The van der Waals surface area contributed by atoms with Gasteiger partial charge in [-0.1, -0.05) is 32.4 Å². The Kier molecular flexibility index (Phi) is 5.94. The molecule has 4 rings (SSSR count). The lowest BCUT2D eigenvalue weighted by Crippen LogP contribution is -2.55. The standard InChI is InChI=1S/C24H25F4N3O2/c1-3-6-13-11-23(33,24(26,27)28)22(14-9-10-16(25)21(32)20(13)14)31-18-8-5-7-17-15(18)12-29-19(4-2)30-17/h5,7-10,12-13,22,31-33H,3-4,6,11H2,1-2H3. The Bertz CT molecular complexity index is 1180. The molecule has 1 aromatic heterocycles. The molecule has 9 heteroatoms. The Morgan fingerprint density at radius 2 is 1.94 bits per heavy atom.